The molecule has 0 saturated heterocycles. The highest BCUT2D eigenvalue weighted by molar-refractivity contribution is 7.99. The number of ketones is 1. The van der Waals surface area contributed by atoms with Gasteiger partial charge in [0, 0.05) is 19.2 Å². The first-order chi connectivity index (χ1) is 12.6. The number of benzene rings is 1. The summed E-state index contributed by atoms with van der Waals surface area (Å²) in [4.78, 5) is 17.4. The van der Waals surface area contributed by atoms with Crippen molar-refractivity contribution >= 4 is 28.9 Å². The average Bonchev–Trinajstić information content (AvgIpc) is 3.29. The first-order valence-corrected chi connectivity index (χ1v) is 10.5. The van der Waals surface area contributed by atoms with E-state index in [-0.39, 0.29) is 5.78 Å². The van der Waals surface area contributed by atoms with Gasteiger partial charge in [-0.15, -0.1) is 21.5 Å². The molecule has 0 radical (unpaired) electrons. The van der Waals surface area contributed by atoms with Gasteiger partial charge in [0.15, 0.2) is 11.0 Å². The molecule has 3 aromatic rings. The molecule has 0 aliphatic rings. The van der Waals surface area contributed by atoms with E-state index in [1.807, 2.05) is 16.7 Å². The molecule has 0 unspecified atom stereocenters. The van der Waals surface area contributed by atoms with E-state index in [1.54, 1.807) is 11.7 Å². The van der Waals surface area contributed by atoms with Crippen LogP contribution in [0.4, 0.5) is 0 Å². The van der Waals surface area contributed by atoms with Crippen molar-refractivity contribution in [2.24, 2.45) is 0 Å². The Kier molecular flexibility index (Phi) is 6.21. The van der Waals surface area contributed by atoms with Crippen molar-refractivity contribution in [2.75, 3.05) is 5.75 Å². The van der Waals surface area contributed by atoms with Crippen LogP contribution in [0.1, 0.15) is 37.8 Å². The van der Waals surface area contributed by atoms with Gasteiger partial charge in [-0.05, 0) is 24.0 Å². The van der Waals surface area contributed by atoms with Crippen LogP contribution in [0.5, 0.6) is 0 Å². The Balaban J connectivity index is 1.61. The van der Waals surface area contributed by atoms with Crippen LogP contribution >= 0.6 is 23.1 Å². The summed E-state index contributed by atoms with van der Waals surface area (Å²) in [6, 6.07) is 8.31. The summed E-state index contributed by atoms with van der Waals surface area (Å²) in [7, 11) is 0. The monoisotopic (exact) mass is 386 g/mol. The molecule has 3 rings (SSSR count). The molecule has 0 N–H and O–H groups in total. The fraction of sp³-hybridized carbons (Fsp3) is 0.368. The fourth-order valence-electron chi connectivity index (χ4n) is 2.63. The van der Waals surface area contributed by atoms with Gasteiger partial charge in [0.25, 0.3) is 0 Å². The molecule has 0 bridgehead atoms. The third-order valence-electron chi connectivity index (χ3n) is 4.10. The van der Waals surface area contributed by atoms with E-state index in [9.17, 15) is 4.79 Å². The van der Waals surface area contributed by atoms with E-state index >= 15 is 0 Å². The summed E-state index contributed by atoms with van der Waals surface area (Å²) >= 11 is 2.99. The molecular formula is C19H22N4OS2. The molecule has 136 valence electrons. The molecule has 1 aromatic carbocycles. The van der Waals surface area contributed by atoms with E-state index in [0.29, 0.717) is 18.1 Å². The number of Topliss-reactive ketones (excluding diaryl/α,β-unsaturated/α-hetero) is 1. The highest BCUT2D eigenvalue weighted by Gasteiger charge is 2.15. The van der Waals surface area contributed by atoms with E-state index in [1.165, 1.54) is 28.7 Å². The Bertz CT molecular complexity index is 854. The lowest BCUT2D eigenvalue weighted by atomic mass is 10.0. The van der Waals surface area contributed by atoms with E-state index < -0.39 is 0 Å². The lowest BCUT2D eigenvalue weighted by Crippen LogP contribution is -2.07. The van der Waals surface area contributed by atoms with Crippen molar-refractivity contribution in [1.82, 2.24) is 19.7 Å². The van der Waals surface area contributed by atoms with Crippen molar-refractivity contribution in [3.05, 3.63) is 47.1 Å². The summed E-state index contributed by atoms with van der Waals surface area (Å²) in [5, 5.41) is 9.30. The summed E-state index contributed by atoms with van der Waals surface area (Å²) in [5.74, 6) is 1.90. The topological polar surface area (TPSA) is 60.7 Å². The zero-order chi connectivity index (χ0) is 18.5. The smallest absolute Gasteiger partial charge is 0.191 e. The van der Waals surface area contributed by atoms with Gasteiger partial charge in [0.1, 0.15) is 5.78 Å². The SMILES string of the molecule is CCn1c(SCC(=O)Cc2ccc(C(C)C)cc2)nnc1-c1cncs1. The number of hydrogen-bond donors (Lipinski definition) is 0. The average molecular weight is 387 g/mol. The molecule has 0 aliphatic carbocycles. The highest BCUT2D eigenvalue weighted by Crippen LogP contribution is 2.26. The standard InChI is InChI=1S/C19H22N4OS2/c1-4-23-18(17-10-20-12-26-17)21-22-19(23)25-11-16(24)9-14-5-7-15(8-6-14)13(2)3/h5-8,10,12-13H,4,9,11H2,1-3H3. The predicted octanol–water partition coefficient (Wildman–Crippen LogP) is 4.45. The third-order valence-corrected chi connectivity index (χ3v) is 5.89. The molecule has 0 saturated carbocycles. The number of carbonyl (C=O) groups is 1. The third kappa shape index (κ3) is 4.40. The Morgan fingerprint density at radius 1 is 1.23 bits per heavy atom. The number of thioether (sulfide) groups is 1. The number of nitrogens with zero attached hydrogens (tertiary/aromatic N) is 4. The maximum absolute atomic E-state index is 12.4. The zero-order valence-corrected chi connectivity index (χ0v) is 16.8. The summed E-state index contributed by atoms with van der Waals surface area (Å²) in [6.45, 7) is 7.14. The normalized spacial score (nSPS) is 11.2. The van der Waals surface area contributed by atoms with E-state index in [4.69, 9.17) is 0 Å². The van der Waals surface area contributed by atoms with Crippen LogP contribution in [-0.4, -0.2) is 31.3 Å². The fourth-order valence-corrected chi connectivity index (χ4v) is 4.11. The van der Waals surface area contributed by atoms with Crippen molar-refractivity contribution < 1.29 is 4.79 Å². The van der Waals surface area contributed by atoms with Crippen LogP contribution in [0.2, 0.25) is 0 Å². The number of carbonyl (C=O) groups excluding carboxylic acids is 1. The molecule has 2 aromatic heterocycles. The van der Waals surface area contributed by atoms with E-state index in [0.717, 1.165) is 28.0 Å². The number of thiazole rings is 1. The molecule has 26 heavy (non-hydrogen) atoms. The minimum Gasteiger partial charge on any atom is -0.302 e. The number of rotatable bonds is 8. The summed E-state index contributed by atoms with van der Waals surface area (Å²) in [5.41, 5.74) is 4.13. The maximum Gasteiger partial charge on any atom is 0.191 e. The van der Waals surface area contributed by atoms with Gasteiger partial charge in [-0.2, -0.15) is 0 Å². The molecule has 2 heterocycles. The van der Waals surface area contributed by atoms with Crippen LogP contribution in [0.15, 0.2) is 41.1 Å². The number of aromatic nitrogens is 4. The van der Waals surface area contributed by atoms with Crippen molar-refractivity contribution in [2.45, 2.75) is 44.8 Å². The molecule has 0 spiro atoms. The first kappa shape index (κ1) is 18.8. The van der Waals surface area contributed by atoms with Gasteiger partial charge in [-0.25, -0.2) is 0 Å². The van der Waals surface area contributed by atoms with Gasteiger partial charge in [-0.1, -0.05) is 49.9 Å². The molecule has 0 atom stereocenters. The Morgan fingerprint density at radius 2 is 2.00 bits per heavy atom. The summed E-state index contributed by atoms with van der Waals surface area (Å²) < 4.78 is 2.03. The Hall–Kier alpha value is -1.99. The summed E-state index contributed by atoms with van der Waals surface area (Å²) in [6.07, 6.45) is 2.24. The van der Waals surface area contributed by atoms with Crippen molar-refractivity contribution in [3.8, 4) is 10.7 Å². The van der Waals surface area contributed by atoms with Gasteiger partial charge in [-0.3, -0.25) is 9.78 Å². The van der Waals surface area contributed by atoms with Crippen LogP contribution in [0.25, 0.3) is 10.7 Å². The second-order valence-corrected chi connectivity index (χ2v) is 8.15. The van der Waals surface area contributed by atoms with Gasteiger partial charge in [0.2, 0.25) is 0 Å². The van der Waals surface area contributed by atoms with Gasteiger partial charge < -0.3 is 4.57 Å². The molecule has 7 heteroatoms. The molecule has 5 nitrogen and oxygen atoms in total. The maximum atomic E-state index is 12.4. The van der Waals surface area contributed by atoms with Crippen LogP contribution in [-0.2, 0) is 17.8 Å². The molecule has 0 fully saturated rings. The lowest BCUT2D eigenvalue weighted by molar-refractivity contribution is -0.116. The first-order valence-electron chi connectivity index (χ1n) is 8.63. The van der Waals surface area contributed by atoms with Crippen LogP contribution in [0.3, 0.4) is 0 Å². The highest BCUT2D eigenvalue weighted by atomic mass is 32.2. The Morgan fingerprint density at radius 3 is 2.62 bits per heavy atom. The molecular weight excluding hydrogens is 364 g/mol. The van der Waals surface area contributed by atoms with Gasteiger partial charge >= 0.3 is 0 Å². The predicted molar refractivity (Wildman–Crippen MR) is 107 cm³/mol. The second kappa shape index (κ2) is 8.60. The minimum atomic E-state index is 0.192. The zero-order valence-electron chi connectivity index (χ0n) is 15.2. The lowest BCUT2D eigenvalue weighted by Gasteiger charge is -2.07. The number of hydrogen-bond acceptors (Lipinski definition) is 6. The second-order valence-electron chi connectivity index (χ2n) is 6.32. The van der Waals surface area contributed by atoms with E-state index in [2.05, 4.69) is 48.1 Å². The molecule has 0 aliphatic heterocycles. The quantitative estimate of drug-likeness (QED) is 0.535. The largest absolute Gasteiger partial charge is 0.302 e. The van der Waals surface area contributed by atoms with Gasteiger partial charge in [0.05, 0.1) is 16.1 Å². The van der Waals surface area contributed by atoms with Crippen LogP contribution < -0.4 is 0 Å². The van der Waals surface area contributed by atoms with Crippen molar-refractivity contribution in [3.63, 3.8) is 0 Å². The minimum absolute atomic E-state index is 0.192. The van der Waals surface area contributed by atoms with Crippen LogP contribution in [0, 0.1) is 0 Å². The molecule has 0 amide bonds. The van der Waals surface area contributed by atoms with Crippen molar-refractivity contribution in [1.29, 1.82) is 0 Å². The Labute approximate surface area is 161 Å².